The first kappa shape index (κ1) is 15.2. The van der Waals surface area contributed by atoms with E-state index in [-0.39, 0.29) is 5.44 Å². The second-order valence-electron chi connectivity index (χ2n) is 5.12. The van der Waals surface area contributed by atoms with Crippen molar-refractivity contribution in [3.63, 3.8) is 0 Å². The van der Waals surface area contributed by atoms with Crippen LogP contribution in [0.4, 0.5) is 0 Å². The van der Waals surface area contributed by atoms with Crippen molar-refractivity contribution < 1.29 is 4.74 Å². The molecule has 3 rings (SSSR count). The number of benzene rings is 1. The van der Waals surface area contributed by atoms with Gasteiger partial charge in [0.15, 0.2) is 0 Å². The van der Waals surface area contributed by atoms with E-state index in [1.54, 1.807) is 12.4 Å². The summed E-state index contributed by atoms with van der Waals surface area (Å²) in [6.45, 7) is 4.05. The number of aryl methyl sites for hydroxylation is 1. The molecule has 0 saturated heterocycles. The zero-order valence-corrected chi connectivity index (χ0v) is 14.2. The van der Waals surface area contributed by atoms with Gasteiger partial charge < -0.3 is 9.72 Å². The monoisotopic (exact) mass is 331 g/mol. The van der Waals surface area contributed by atoms with Crippen molar-refractivity contribution in [3.05, 3.63) is 36.2 Å². The van der Waals surface area contributed by atoms with Crippen LogP contribution in [-0.2, 0) is 0 Å². The third-order valence-electron chi connectivity index (χ3n) is 3.36. The summed E-state index contributed by atoms with van der Waals surface area (Å²) in [4.78, 5) is 12.8. The fraction of sp³-hybridized carbons (Fsp3) is 0.250. The number of nitrogens with zero attached hydrogens (tertiary/aromatic N) is 2. The maximum atomic E-state index is 5.94. The van der Waals surface area contributed by atoms with Crippen LogP contribution in [0, 0.1) is 6.92 Å². The Morgan fingerprint density at radius 1 is 1.36 bits per heavy atom. The lowest BCUT2D eigenvalue weighted by molar-refractivity contribution is 0.280. The molecule has 0 spiro atoms. The summed E-state index contributed by atoms with van der Waals surface area (Å²) in [7, 11) is 0. The van der Waals surface area contributed by atoms with Crippen LogP contribution in [0.2, 0.25) is 0 Å². The molecule has 22 heavy (non-hydrogen) atoms. The normalized spacial score (nSPS) is 12.5. The Kier molecular flexibility index (Phi) is 4.31. The van der Waals surface area contributed by atoms with Gasteiger partial charge in [-0.3, -0.25) is 4.98 Å². The number of rotatable bonds is 4. The molecule has 0 saturated carbocycles. The van der Waals surface area contributed by atoms with Gasteiger partial charge in [-0.25, -0.2) is 4.98 Å². The van der Waals surface area contributed by atoms with Crippen LogP contribution >= 0.6 is 25.3 Å². The highest BCUT2D eigenvalue weighted by Gasteiger charge is 2.16. The maximum Gasteiger partial charge on any atom is 0.145 e. The van der Waals surface area contributed by atoms with Gasteiger partial charge in [0.2, 0.25) is 0 Å². The van der Waals surface area contributed by atoms with Crippen molar-refractivity contribution in [2.24, 2.45) is 0 Å². The molecule has 1 atom stereocenters. The predicted octanol–water partition coefficient (Wildman–Crippen LogP) is 4.27. The SMILES string of the molecule is CCC(S)Oc1c(S)cc(C)cc1-c1nc2ccncc2[nH]1. The molecule has 0 amide bonds. The van der Waals surface area contributed by atoms with Crippen LogP contribution in [0.1, 0.15) is 18.9 Å². The second kappa shape index (κ2) is 6.22. The number of nitrogens with one attached hydrogen (secondary N) is 1. The summed E-state index contributed by atoms with van der Waals surface area (Å²) in [6.07, 6.45) is 4.29. The first-order valence-corrected chi connectivity index (χ1v) is 8.03. The van der Waals surface area contributed by atoms with Crippen molar-refractivity contribution in [2.75, 3.05) is 0 Å². The molecule has 0 radical (unpaired) electrons. The summed E-state index contributed by atoms with van der Waals surface area (Å²) < 4.78 is 5.94. The number of imidazole rings is 1. The smallest absolute Gasteiger partial charge is 0.145 e. The minimum atomic E-state index is -0.182. The van der Waals surface area contributed by atoms with Crippen LogP contribution in [0.5, 0.6) is 5.75 Å². The number of aromatic amines is 1. The van der Waals surface area contributed by atoms with Crippen LogP contribution in [0.25, 0.3) is 22.4 Å². The van der Waals surface area contributed by atoms with Crippen molar-refractivity contribution in [1.29, 1.82) is 0 Å². The molecule has 4 nitrogen and oxygen atoms in total. The molecule has 6 heteroatoms. The third-order valence-corrected chi connectivity index (χ3v) is 4.16. The molecule has 0 bridgehead atoms. The molecule has 0 aliphatic rings. The number of aromatic nitrogens is 3. The molecule has 0 aliphatic carbocycles. The highest BCUT2D eigenvalue weighted by atomic mass is 32.1. The van der Waals surface area contributed by atoms with E-state index in [0.29, 0.717) is 5.75 Å². The zero-order chi connectivity index (χ0) is 15.7. The molecule has 2 heterocycles. The number of ether oxygens (including phenoxy) is 1. The van der Waals surface area contributed by atoms with Gasteiger partial charge in [0.25, 0.3) is 0 Å². The average Bonchev–Trinajstić information content (AvgIpc) is 2.93. The highest BCUT2D eigenvalue weighted by Crippen LogP contribution is 2.37. The lowest BCUT2D eigenvalue weighted by Crippen LogP contribution is -2.08. The molecule has 1 unspecified atom stereocenters. The van der Waals surface area contributed by atoms with E-state index in [1.165, 1.54) is 0 Å². The van der Waals surface area contributed by atoms with Crippen molar-refractivity contribution in [2.45, 2.75) is 30.6 Å². The largest absolute Gasteiger partial charge is 0.478 e. The minimum Gasteiger partial charge on any atom is -0.478 e. The van der Waals surface area contributed by atoms with E-state index in [2.05, 4.69) is 40.2 Å². The molecule has 114 valence electrons. The van der Waals surface area contributed by atoms with Gasteiger partial charge >= 0.3 is 0 Å². The van der Waals surface area contributed by atoms with E-state index in [4.69, 9.17) is 4.74 Å². The fourth-order valence-corrected chi connectivity index (χ4v) is 2.74. The number of pyridine rings is 1. The molecule has 0 fully saturated rings. The number of hydrogen-bond acceptors (Lipinski definition) is 5. The summed E-state index contributed by atoms with van der Waals surface area (Å²) in [6, 6.07) is 5.89. The van der Waals surface area contributed by atoms with Gasteiger partial charge in [0.05, 0.1) is 22.8 Å². The Hall–Kier alpha value is -1.66. The Labute approximate surface area is 140 Å². The van der Waals surface area contributed by atoms with Gasteiger partial charge in [-0.2, -0.15) is 0 Å². The van der Waals surface area contributed by atoms with E-state index in [9.17, 15) is 0 Å². The number of fused-ring (bicyclic) bond motifs is 1. The molecule has 3 aromatic rings. The number of thiol groups is 2. The molecule has 2 aromatic heterocycles. The number of H-pyrrole nitrogens is 1. The van der Waals surface area contributed by atoms with Crippen LogP contribution < -0.4 is 4.74 Å². The molecular weight excluding hydrogens is 314 g/mol. The van der Waals surface area contributed by atoms with E-state index < -0.39 is 0 Å². The number of hydrogen-bond donors (Lipinski definition) is 3. The minimum absolute atomic E-state index is 0.182. The highest BCUT2D eigenvalue weighted by molar-refractivity contribution is 7.81. The second-order valence-corrected chi connectivity index (χ2v) is 6.18. The zero-order valence-electron chi connectivity index (χ0n) is 12.4. The van der Waals surface area contributed by atoms with Crippen molar-refractivity contribution >= 4 is 36.3 Å². The summed E-state index contributed by atoms with van der Waals surface area (Å²) in [5.41, 5.74) is 3.56. The lowest BCUT2D eigenvalue weighted by atomic mass is 10.1. The van der Waals surface area contributed by atoms with E-state index in [1.807, 2.05) is 32.0 Å². The van der Waals surface area contributed by atoms with Gasteiger partial charge in [-0.15, -0.1) is 25.3 Å². The van der Waals surface area contributed by atoms with Crippen LogP contribution in [0.3, 0.4) is 0 Å². The first-order chi connectivity index (χ1) is 10.6. The molecular formula is C16H17N3OS2. The summed E-state index contributed by atoms with van der Waals surface area (Å²) in [5, 5.41) is 0. The van der Waals surface area contributed by atoms with Crippen molar-refractivity contribution in [1.82, 2.24) is 15.0 Å². The lowest BCUT2D eigenvalue weighted by Gasteiger charge is -2.17. The van der Waals surface area contributed by atoms with Crippen molar-refractivity contribution in [3.8, 4) is 17.1 Å². The third kappa shape index (κ3) is 2.94. The standard InChI is InChI=1S/C16H17N3OS2/c1-3-14(22)20-15-10(6-9(2)7-13(15)21)16-18-11-4-5-17-8-12(11)19-16/h4-8,14,21-22H,3H2,1-2H3,(H,18,19). The molecule has 1 aromatic carbocycles. The summed E-state index contributed by atoms with van der Waals surface area (Å²) >= 11 is 8.98. The van der Waals surface area contributed by atoms with Crippen LogP contribution in [-0.4, -0.2) is 20.4 Å². The van der Waals surface area contributed by atoms with Crippen LogP contribution in [0.15, 0.2) is 35.5 Å². The Morgan fingerprint density at radius 3 is 2.91 bits per heavy atom. The predicted molar refractivity (Wildman–Crippen MR) is 95.0 cm³/mol. The average molecular weight is 331 g/mol. The Morgan fingerprint density at radius 2 is 2.18 bits per heavy atom. The molecule has 0 aliphatic heterocycles. The fourth-order valence-electron chi connectivity index (χ4n) is 2.26. The topological polar surface area (TPSA) is 50.8 Å². The quantitative estimate of drug-likeness (QED) is 0.494. The molecule has 1 N–H and O–H groups in total. The van der Waals surface area contributed by atoms with Gasteiger partial charge in [-0.05, 0) is 37.1 Å². The maximum absolute atomic E-state index is 5.94. The van der Waals surface area contributed by atoms with Gasteiger partial charge in [0.1, 0.15) is 17.0 Å². The first-order valence-electron chi connectivity index (χ1n) is 7.07. The Balaban J connectivity index is 2.15. The van der Waals surface area contributed by atoms with E-state index >= 15 is 0 Å². The Bertz CT molecular complexity index is 783. The van der Waals surface area contributed by atoms with E-state index in [0.717, 1.165) is 39.3 Å². The summed E-state index contributed by atoms with van der Waals surface area (Å²) in [5.74, 6) is 1.44. The van der Waals surface area contributed by atoms with Gasteiger partial charge in [0, 0.05) is 11.1 Å². The van der Waals surface area contributed by atoms with Gasteiger partial charge in [-0.1, -0.05) is 6.92 Å².